The number of esters is 1. The second-order valence-corrected chi connectivity index (χ2v) is 5.96. The molecule has 0 spiro atoms. The zero-order valence-electron chi connectivity index (χ0n) is 12.3. The summed E-state index contributed by atoms with van der Waals surface area (Å²) in [5.74, 6) is -0.565. The summed E-state index contributed by atoms with van der Waals surface area (Å²) in [5.41, 5.74) is 2.23. The molecule has 114 valence electrons. The van der Waals surface area contributed by atoms with Gasteiger partial charge in [-0.25, -0.2) is 4.79 Å². The zero-order chi connectivity index (χ0) is 16.1. The molecule has 1 aliphatic rings. The van der Waals surface area contributed by atoms with Crippen LogP contribution in [0.2, 0.25) is 0 Å². The molecule has 0 radical (unpaired) electrons. The first-order valence-electron chi connectivity index (χ1n) is 6.74. The highest BCUT2D eigenvalue weighted by molar-refractivity contribution is 7.73. The van der Waals surface area contributed by atoms with Crippen molar-refractivity contribution in [2.45, 2.75) is 20.0 Å². The quantitative estimate of drug-likeness (QED) is 0.488. The van der Waals surface area contributed by atoms with Crippen molar-refractivity contribution in [2.75, 3.05) is 0 Å². The summed E-state index contributed by atoms with van der Waals surface area (Å²) in [5, 5.41) is 0. The summed E-state index contributed by atoms with van der Waals surface area (Å²) >= 11 is 0. The first-order valence-corrected chi connectivity index (χ1v) is 7.82. The lowest BCUT2D eigenvalue weighted by molar-refractivity contribution is -0.138. The molecule has 0 N–H and O–H groups in total. The molecular weight excluding hydrogens is 300 g/mol. The minimum absolute atomic E-state index is 0.0388. The van der Waals surface area contributed by atoms with Crippen molar-refractivity contribution in [1.82, 2.24) is 0 Å². The highest BCUT2D eigenvalue weighted by Crippen LogP contribution is 2.25. The van der Waals surface area contributed by atoms with Crippen LogP contribution in [0.4, 0.5) is 0 Å². The van der Waals surface area contributed by atoms with Gasteiger partial charge in [-0.3, -0.25) is 0 Å². The molecule has 0 heterocycles. The smallest absolute Gasteiger partial charge is 0.331 e. The van der Waals surface area contributed by atoms with Crippen LogP contribution in [0.1, 0.15) is 19.4 Å². The third-order valence-electron chi connectivity index (χ3n) is 3.02. The third-order valence-corrected chi connectivity index (χ3v) is 3.75. The van der Waals surface area contributed by atoms with Gasteiger partial charge in [-0.1, -0.05) is 48.1 Å². The van der Waals surface area contributed by atoms with E-state index in [1.165, 1.54) is 12.2 Å². The molecule has 2 rings (SSSR count). The van der Waals surface area contributed by atoms with E-state index in [9.17, 15) is 13.2 Å². The number of carbonyl (C=O) groups excluding carboxylic acids is 1. The molecule has 4 nitrogen and oxygen atoms in total. The summed E-state index contributed by atoms with van der Waals surface area (Å²) in [4.78, 5) is 11.9. The van der Waals surface area contributed by atoms with Crippen LogP contribution in [0.15, 0.2) is 60.2 Å². The number of rotatable bonds is 3. The number of carbonyl (C=O) groups is 1. The molecule has 1 aliphatic carbocycles. The maximum atomic E-state index is 11.9. The normalized spacial score (nSPS) is 16.7. The molecule has 1 unspecified atom stereocenters. The van der Waals surface area contributed by atoms with E-state index >= 15 is 0 Å². The minimum Gasteiger partial charge on any atom is -0.448 e. The van der Waals surface area contributed by atoms with Crippen LogP contribution in [0, 0.1) is 0 Å². The van der Waals surface area contributed by atoms with E-state index < -0.39 is 22.4 Å². The van der Waals surface area contributed by atoms with Crippen molar-refractivity contribution < 1.29 is 17.9 Å². The summed E-state index contributed by atoms with van der Waals surface area (Å²) in [6, 6.07) is 9.24. The Morgan fingerprint density at radius 2 is 1.86 bits per heavy atom. The van der Waals surface area contributed by atoms with Gasteiger partial charge in [0.25, 0.3) is 0 Å². The highest BCUT2D eigenvalue weighted by atomic mass is 32.2. The van der Waals surface area contributed by atoms with Crippen molar-refractivity contribution in [2.24, 2.45) is 0 Å². The number of hydrogen-bond acceptors (Lipinski definition) is 4. The average Bonchev–Trinajstić information content (AvgIpc) is 2.47. The Morgan fingerprint density at radius 3 is 2.45 bits per heavy atom. The molecule has 0 saturated carbocycles. The topological polar surface area (TPSA) is 60.4 Å². The zero-order valence-corrected chi connectivity index (χ0v) is 13.1. The van der Waals surface area contributed by atoms with Crippen LogP contribution >= 0.6 is 0 Å². The summed E-state index contributed by atoms with van der Waals surface area (Å²) in [6.07, 6.45) is 5.24. The fraction of sp³-hybridized carbons (Fsp3) is 0.176. The number of benzene rings is 1. The van der Waals surface area contributed by atoms with Crippen LogP contribution in [0.3, 0.4) is 0 Å². The van der Waals surface area contributed by atoms with Gasteiger partial charge in [-0.15, -0.1) is 0 Å². The third kappa shape index (κ3) is 3.83. The fourth-order valence-electron chi connectivity index (χ4n) is 2.10. The van der Waals surface area contributed by atoms with E-state index in [0.717, 1.165) is 11.1 Å². The summed E-state index contributed by atoms with van der Waals surface area (Å²) in [6.45, 7) is 3.54. The van der Waals surface area contributed by atoms with Gasteiger partial charge in [0.1, 0.15) is 4.86 Å². The van der Waals surface area contributed by atoms with Gasteiger partial charge in [0.2, 0.25) is 10.3 Å². The Labute approximate surface area is 131 Å². The molecule has 0 aliphatic heterocycles. The number of allylic oxidation sites excluding steroid dienone is 3. The maximum absolute atomic E-state index is 11.9. The van der Waals surface area contributed by atoms with Crippen LogP contribution in [0.5, 0.6) is 0 Å². The lowest BCUT2D eigenvalue weighted by atomic mass is 9.94. The molecule has 1 aromatic carbocycles. The standard InChI is InChI=1S/C17H16O4S/c1-12(2)11-16(18)21-17-14(13-7-4-3-5-8-13)9-6-10-15(17)22(19)20/h3-11,17H,1-2H3. The maximum Gasteiger partial charge on any atom is 0.331 e. The van der Waals surface area contributed by atoms with Crippen molar-refractivity contribution in [1.29, 1.82) is 0 Å². The van der Waals surface area contributed by atoms with Gasteiger partial charge in [0.05, 0.1) is 0 Å². The average molecular weight is 316 g/mol. The van der Waals surface area contributed by atoms with Crippen molar-refractivity contribution in [3.8, 4) is 0 Å². The molecule has 0 amide bonds. The second kappa shape index (κ2) is 7.04. The Kier molecular flexibility index (Phi) is 5.12. The minimum atomic E-state index is -2.46. The van der Waals surface area contributed by atoms with Gasteiger partial charge < -0.3 is 4.74 Å². The van der Waals surface area contributed by atoms with Crippen molar-refractivity contribution in [3.63, 3.8) is 0 Å². The van der Waals surface area contributed by atoms with Gasteiger partial charge in [0.15, 0.2) is 6.10 Å². The van der Waals surface area contributed by atoms with E-state index in [-0.39, 0.29) is 4.86 Å². The Morgan fingerprint density at radius 1 is 1.18 bits per heavy atom. The predicted octanol–water partition coefficient (Wildman–Crippen LogP) is 2.57. The molecule has 22 heavy (non-hydrogen) atoms. The molecule has 1 aromatic rings. The van der Waals surface area contributed by atoms with E-state index in [1.807, 2.05) is 30.3 Å². The van der Waals surface area contributed by atoms with Gasteiger partial charge in [-0.2, -0.15) is 8.42 Å². The second-order valence-electron chi connectivity index (χ2n) is 5.02. The summed E-state index contributed by atoms with van der Waals surface area (Å²) < 4.78 is 28.2. The van der Waals surface area contributed by atoms with E-state index in [0.29, 0.717) is 5.57 Å². The first kappa shape index (κ1) is 16.0. The molecule has 0 bridgehead atoms. The number of hydrogen-bond donors (Lipinski definition) is 0. The number of ether oxygens (including phenoxy) is 1. The Balaban J connectivity index is 2.45. The largest absolute Gasteiger partial charge is 0.448 e. The predicted molar refractivity (Wildman–Crippen MR) is 86.8 cm³/mol. The molecular formula is C17H16O4S. The lowest BCUT2D eigenvalue weighted by Crippen LogP contribution is -2.29. The molecule has 0 aromatic heterocycles. The van der Waals surface area contributed by atoms with E-state index in [1.54, 1.807) is 26.0 Å². The van der Waals surface area contributed by atoms with Crippen LogP contribution in [0.25, 0.3) is 5.57 Å². The van der Waals surface area contributed by atoms with Gasteiger partial charge >= 0.3 is 5.97 Å². The molecule has 0 saturated heterocycles. The lowest BCUT2D eigenvalue weighted by Gasteiger charge is -2.22. The molecule has 0 fully saturated rings. The van der Waals surface area contributed by atoms with E-state index in [4.69, 9.17) is 4.74 Å². The molecule has 5 heteroatoms. The highest BCUT2D eigenvalue weighted by Gasteiger charge is 2.27. The Hall–Kier alpha value is -2.40. The van der Waals surface area contributed by atoms with Gasteiger partial charge in [0, 0.05) is 11.6 Å². The monoisotopic (exact) mass is 316 g/mol. The van der Waals surface area contributed by atoms with Crippen LogP contribution < -0.4 is 0 Å². The van der Waals surface area contributed by atoms with Gasteiger partial charge in [-0.05, 0) is 25.5 Å². The SMILES string of the molecule is CC(C)=CC(=O)OC1C(c2ccccc2)=CC=CC1=S(=O)=O. The summed E-state index contributed by atoms with van der Waals surface area (Å²) in [7, 11) is -2.46. The first-order chi connectivity index (χ1) is 10.5. The van der Waals surface area contributed by atoms with Crippen LogP contribution in [-0.2, 0) is 19.8 Å². The van der Waals surface area contributed by atoms with Crippen molar-refractivity contribution >= 4 is 26.7 Å². The van der Waals surface area contributed by atoms with E-state index in [2.05, 4.69) is 0 Å². The van der Waals surface area contributed by atoms with Crippen molar-refractivity contribution in [3.05, 3.63) is 65.8 Å². The van der Waals surface area contributed by atoms with Crippen LogP contribution in [-0.4, -0.2) is 25.4 Å². The molecule has 1 atom stereocenters. The Bertz CT molecular complexity index is 784. The fourth-order valence-corrected chi connectivity index (χ4v) is 2.64.